The van der Waals surface area contributed by atoms with E-state index < -0.39 is 0 Å². The van der Waals surface area contributed by atoms with Crippen LogP contribution in [0, 0.1) is 17.8 Å². The minimum absolute atomic E-state index is 0.0657. The predicted octanol–water partition coefficient (Wildman–Crippen LogP) is 1.33. The highest BCUT2D eigenvalue weighted by molar-refractivity contribution is 5.10. The fourth-order valence-corrected chi connectivity index (χ4v) is 3.63. The molecule has 2 N–H and O–H groups in total. The fraction of sp³-hybridized carbons (Fsp3) is 0.857. The molecule has 3 nitrogen and oxygen atoms in total. The van der Waals surface area contributed by atoms with Crippen LogP contribution < -0.4 is 5.32 Å². The smallest absolute Gasteiger partial charge is 0.0615 e. The van der Waals surface area contributed by atoms with Gasteiger partial charge in [-0.05, 0) is 50.0 Å². The van der Waals surface area contributed by atoms with Gasteiger partial charge in [-0.25, -0.2) is 0 Å². The lowest BCUT2D eigenvalue weighted by molar-refractivity contribution is 0.00988. The molecule has 0 unspecified atom stereocenters. The van der Waals surface area contributed by atoms with Crippen LogP contribution in [-0.4, -0.2) is 37.0 Å². The second kappa shape index (κ2) is 4.71. The molecule has 0 radical (unpaired) electrons. The molecule has 1 heterocycles. The lowest BCUT2D eigenvalue weighted by Gasteiger charge is -2.38. The zero-order valence-corrected chi connectivity index (χ0v) is 10.4. The molecule has 2 fully saturated rings. The Balaban J connectivity index is 1.54. The number of aliphatic hydroxyl groups is 1. The number of aliphatic hydroxyl groups excluding tert-OH is 1. The minimum Gasteiger partial charge on any atom is -0.394 e. The summed E-state index contributed by atoms with van der Waals surface area (Å²) in [6.07, 6.45) is 9.38. The average Bonchev–Trinajstić information content (AvgIpc) is 3.00. The molecule has 0 aromatic rings. The molecule has 17 heavy (non-hydrogen) atoms. The van der Waals surface area contributed by atoms with E-state index in [1.807, 2.05) is 0 Å². The number of allylic oxidation sites excluding steroid dienone is 2. The van der Waals surface area contributed by atoms with Gasteiger partial charge in [0, 0.05) is 18.8 Å². The first-order chi connectivity index (χ1) is 8.31. The first-order valence-corrected chi connectivity index (χ1v) is 6.93. The van der Waals surface area contributed by atoms with Crippen LogP contribution >= 0.6 is 0 Å². The summed E-state index contributed by atoms with van der Waals surface area (Å²) in [5.74, 6) is 2.42. The molecule has 0 amide bonds. The maximum Gasteiger partial charge on any atom is 0.0615 e. The summed E-state index contributed by atoms with van der Waals surface area (Å²) < 4.78 is 5.39. The van der Waals surface area contributed by atoms with Gasteiger partial charge in [-0.15, -0.1) is 0 Å². The average molecular weight is 237 g/mol. The van der Waals surface area contributed by atoms with E-state index in [0.717, 1.165) is 50.4 Å². The number of hydrogen-bond donors (Lipinski definition) is 2. The highest BCUT2D eigenvalue weighted by Gasteiger charge is 2.38. The van der Waals surface area contributed by atoms with Crippen LogP contribution in [0.5, 0.6) is 0 Å². The molecule has 3 aliphatic rings. The summed E-state index contributed by atoms with van der Waals surface area (Å²) in [6, 6.07) is 0. The Bertz CT molecular complexity index is 297. The predicted molar refractivity (Wildman–Crippen MR) is 66.7 cm³/mol. The summed E-state index contributed by atoms with van der Waals surface area (Å²) >= 11 is 0. The summed E-state index contributed by atoms with van der Waals surface area (Å²) in [5.41, 5.74) is -0.0657. The summed E-state index contributed by atoms with van der Waals surface area (Å²) in [4.78, 5) is 0. The van der Waals surface area contributed by atoms with Crippen LogP contribution in [0.25, 0.3) is 0 Å². The van der Waals surface area contributed by atoms with Crippen molar-refractivity contribution in [2.45, 2.75) is 31.2 Å². The zero-order valence-electron chi connectivity index (χ0n) is 10.4. The standard InChI is InChI=1S/C14H23NO2/c16-10-14(3-5-17-6-4-14)15-9-13-8-11-1-2-12(13)7-11/h1-2,11-13,15-16H,3-10H2/t11-,12+,13-/m1/s1. The largest absolute Gasteiger partial charge is 0.394 e. The molecule has 2 aliphatic carbocycles. The topological polar surface area (TPSA) is 41.5 Å². The van der Waals surface area contributed by atoms with Gasteiger partial charge < -0.3 is 15.2 Å². The van der Waals surface area contributed by atoms with Gasteiger partial charge in [-0.2, -0.15) is 0 Å². The van der Waals surface area contributed by atoms with Crippen LogP contribution in [-0.2, 0) is 4.74 Å². The summed E-state index contributed by atoms with van der Waals surface area (Å²) in [6.45, 7) is 2.87. The molecule has 0 spiro atoms. The molecule has 3 heteroatoms. The van der Waals surface area contributed by atoms with Gasteiger partial charge in [0.1, 0.15) is 0 Å². The van der Waals surface area contributed by atoms with E-state index in [0.29, 0.717) is 0 Å². The normalized spacial score (nSPS) is 38.8. The SMILES string of the molecule is OCC1(NC[C@H]2C[C@@H]3C=C[C@H]2C3)CCOCC1. The number of hydrogen-bond acceptors (Lipinski definition) is 3. The lowest BCUT2D eigenvalue weighted by atomic mass is 9.88. The minimum atomic E-state index is -0.0657. The Labute approximate surface area is 103 Å². The third kappa shape index (κ3) is 2.28. The first kappa shape index (κ1) is 11.7. The molecule has 2 bridgehead atoms. The van der Waals surface area contributed by atoms with Gasteiger partial charge in [-0.3, -0.25) is 0 Å². The van der Waals surface area contributed by atoms with E-state index in [-0.39, 0.29) is 12.1 Å². The molecule has 1 saturated carbocycles. The van der Waals surface area contributed by atoms with Gasteiger partial charge in [0.2, 0.25) is 0 Å². The lowest BCUT2D eigenvalue weighted by Crippen LogP contribution is -2.53. The van der Waals surface area contributed by atoms with Crippen molar-refractivity contribution in [1.29, 1.82) is 0 Å². The Kier molecular flexibility index (Phi) is 3.24. The first-order valence-electron chi connectivity index (χ1n) is 6.93. The highest BCUT2D eigenvalue weighted by atomic mass is 16.5. The molecule has 0 aromatic carbocycles. The Morgan fingerprint density at radius 3 is 2.65 bits per heavy atom. The second-order valence-corrected chi connectivity index (χ2v) is 5.97. The molecule has 1 saturated heterocycles. The van der Waals surface area contributed by atoms with E-state index in [4.69, 9.17) is 4.74 Å². The molecular weight excluding hydrogens is 214 g/mol. The maximum absolute atomic E-state index is 9.62. The zero-order chi connectivity index (χ0) is 11.7. The van der Waals surface area contributed by atoms with Crippen molar-refractivity contribution in [1.82, 2.24) is 5.32 Å². The Morgan fingerprint density at radius 1 is 1.24 bits per heavy atom. The molecule has 3 rings (SSSR count). The van der Waals surface area contributed by atoms with Crippen molar-refractivity contribution in [2.24, 2.45) is 17.8 Å². The van der Waals surface area contributed by atoms with Crippen molar-refractivity contribution in [3.63, 3.8) is 0 Å². The fourth-order valence-electron chi connectivity index (χ4n) is 3.63. The van der Waals surface area contributed by atoms with Gasteiger partial charge in [0.15, 0.2) is 0 Å². The van der Waals surface area contributed by atoms with Crippen molar-refractivity contribution >= 4 is 0 Å². The number of rotatable bonds is 4. The maximum atomic E-state index is 9.62. The van der Waals surface area contributed by atoms with Crippen LogP contribution in [0.1, 0.15) is 25.7 Å². The summed E-state index contributed by atoms with van der Waals surface area (Å²) in [5, 5.41) is 13.3. The van der Waals surface area contributed by atoms with Gasteiger partial charge in [0.25, 0.3) is 0 Å². The number of fused-ring (bicyclic) bond motifs is 2. The third-order valence-corrected chi connectivity index (χ3v) is 4.91. The highest BCUT2D eigenvalue weighted by Crippen LogP contribution is 2.43. The molecule has 0 aromatic heterocycles. The van der Waals surface area contributed by atoms with E-state index in [9.17, 15) is 5.11 Å². The van der Waals surface area contributed by atoms with Gasteiger partial charge in [-0.1, -0.05) is 12.2 Å². The molecule has 96 valence electrons. The van der Waals surface area contributed by atoms with Crippen molar-refractivity contribution in [3.8, 4) is 0 Å². The van der Waals surface area contributed by atoms with Gasteiger partial charge >= 0.3 is 0 Å². The Hall–Kier alpha value is -0.380. The number of ether oxygens (including phenoxy) is 1. The van der Waals surface area contributed by atoms with Crippen LogP contribution in [0.4, 0.5) is 0 Å². The molecular formula is C14H23NO2. The van der Waals surface area contributed by atoms with Crippen molar-refractivity contribution in [3.05, 3.63) is 12.2 Å². The van der Waals surface area contributed by atoms with E-state index in [1.54, 1.807) is 0 Å². The van der Waals surface area contributed by atoms with E-state index in [1.165, 1.54) is 12.8 Å². The summed E-state index contributed by atoms with van der Waals surface area (Å²) in [7, 11) is 0. The van der Waals surface area contributed by atoms with Crippen molar-refractivity contribution in [2.75, 3.05) is 26.4 Å². The van der Waals surface area contributed by atoms with Crippen molar-refractivity contribution < 1.29 is 9.84 Å². The van der Waals surface area contributed by atoms with E-state index >= 15 is 0 Å². The quantitative estimate of drug-likeness (QED) is 0.725. The third-order valence-electron chi connectivity index (χ3n) is 4.91. The monoisotopic (exact) mass is 237 g/mol. The van der Waals surface area contributed by atoms with Crippen LogP contribution in [0.15, 0.2) is 12.2 Å². The van der Waals surface area contributed by atoms with E-state index in [2.05, 4.69) is 17.5 Å². The molecule has 3 atom stereocenters. The number of nitrogens with one attached hydrogen (secondary N) is 1. The Morgan fingerprint density at radius 2 is 2.06 bits per heavy atom. The molecule has 1 aliphatic heterocycles. The van der Waals surface area contributed by atoms with Crippen LogP contribution in [0.3, 0.4) is 0 Å². The second-order valence-electron chi connectivity index (χ2n) is 5.97. The van der Waals surface area contributed by atoms with Crippen LogP contribution in [0.2, 0.25) is 0 Å². The van der Waals surface area contributed by atoms with Gasteiger partial charge in [0.05, 0.1) is 6.61 Å².